The number of nitrogens with one attached hydrogen (secondary N) is 1. The Kier molecular flexibility index (Phi) is 3.96. The van der Waals surface area contributed by atoms with Crippen molar-refractivity contribution in [2.45, 2.75) is 25.4 Å². The molecule has 1 saturated carbocycles. The predicted molar refractivity (Wildman–Crippen MR) is 74.5 cm³/mol. The lowest BCUT2D eigenvalue weighted by atomic mass is 9.99. The molecule has 0 aromatic heterocycles. The third kappa shape index (κ3) is 2.61. The van der Waals surface area contributed by atoms with E-state index in [0.29, 0.717) is 17.0 Å². The number of carbonyl (C=O) groups excluding carboxylic acids is 1. The number of nitrogens with zero attached hydrogens (tertiary/aromatic N) is 1. The molecule has 0 spiro atoms. The zero-order chi connectivity index (χ0) is 14.8. The predicted octanol–water partition coefficient (Wildman–Crippen LogP) is 2.32. The molecule has 0 aliphatic heterocycles. The van der Waals surface area contributed by atoms with Crippen LogP contribution in [0.2, 0.25) is 0 Å². The highest BCUT2D eigenvalue weighted by Crippen LogP contribution is 2.42. The van der Waals surface area contributed by atoms with Crippen LogP contribution in [-0.2, 0) is 9.53 Å². The Morgan fingerprint density at radius 3 is 2.65 bits per heavy atom. The van der Waals surface area contributed by atoms with E-state index in [0.717, 1.165) is 12.8 Å². The van der Waals surface area contributed by atoms with Crippen LogP contribution in [0, 0.1) is 17.2 Å². The lowest BCUT2D eigenvalue weighted by Crippen LogP contribution is -2.44. The van der Waals surface area contributed by atoms with E-state index in [9.17, 15) is 4.79 Å². The number of amides is 1. The molecule has 5 heteroatoms. The molecule has 0 saturated heterocycles. The van der Waals surface area contributed by atoms with Crippen LogP contribution in [-0.4, -0.2) is 25.7 Å². The van der Waals surface area contributed by atoms with Crippen molar-refractivity contribution in [1.29, 1.82) is 5.26 Å². The maximum absolute atomic E-state index is 12.4. The summed E-state index contributed by atoms with van der Waals surface area (Å²) in [5.74, 6) is 0.569. The Labute approximate surface area is 118 Å². The topological polar surface area (TPSA) is 71.3 Å². The fourth-order valence-corrected chi connectivity index (χ4v) is 2.21. The summed E-state index contributed by atoms with van der Waals surface area (Å²) >= 11 is 0. The van der Waals surface area contributed by atoms with Crippen LogP contribution in [0.15, 0.2) is 18.2 Å². The van der Waals surface area contributed by atoms with Gasteiger partial charge in [0, 0.05) is 12.8 Å². The summed E-state index contributed by atoms with van der Waals surface area (Å²) in [6, 6.07) is 7.01. The lowest BCUT2D eigenvalue weighted by Gasteiger charge is -2.26. The fourth-order valence-electron chi connectivity index (χ4n) is 2.21. The van der Waals surface area contributed by atoms with E-state index >= 15 is 0 Å². The number of anilines is 1. The fraction of sp³-hybridized carbons (Fsp3) is 0.467. The van der Waals surface area contributed by atoms with Crippen molar-refractivity contribution in [3.8, 4) is 11.8 Å². The third-order valence-corrected chi connectivity index (χ3v) is 3.81. The van der Waals surface area contributed by atoms with E-state index in [1.54, 1.807) is 32.2 Å². The first-order chi connectivity index (χ1) is 9.55. The summed E-state index contributed by atoms with van der Waals surface area (Å²) in [6.07, 6.45) is 2.01. The van der Waals surface area contributed by atoms with Gasteiger partial charge in [0.2, 0.25) is 0 Å². The molecule has 2 rings (SSSR count). The van der Waals surface area contributed by atoms with Crippen LogP contribution >= 0.6 is 0 Å². The zero-order valence-electron chi connectivity index (χ0n) is 11.9. The number of hydrogen-bond acceptors (Lipinski definition) is 4. The summed E-state index contributed by atoms with van der Waals surface area (Å²) in [6.45, 7) is 1.80. The molecule has 1 amide bonds. The largest absolute Gasteiger partial charge is 0.495 e. The molecule has 5 nitrogen and oxygen atoms in total. The summed E-state index contributed by atoms with van der Waals surface area (Å²) < 4.78 is 10.5. The van der Waals surface area contributed by atoms with Gasteiger partial charge in [0.1, 0.15) is 17.4 Å². The molecule has 0 heterocycles. The SMILES string of the molecule is COc1ccc(NC(=O)[C@](C)(OC)C2CC2)cc1C#N. The molecular weight excluding hydrogens is 256 g/mol. The van der Waals surface area contributed by atoms with Gasteiger partial charge in [-0.3, -0.25) is 4.79 Å². The Hall–Kier alpha value is -2.06. The first-order valence-corrected chi connectivity index (χ1v) is 6.50. The highest BCUT2D eigenvalue weighted by Gasteiger charge is 2.47. The minimum atomic E-state index is -0.813. The number of benzene rings is 1. The maximum atomic E-state index is 12.4. The zero-order valence-corrected chi connectivity index (χ0v) is 11.9. The van der Waals surface area contributed by atoms with Crippen molar-refractivity contribution in [1.82, 2.24) is 0 Å². The Bertz CT molecular complexity index is 561. The van der Waals surface area contributed by atoms with Crippen LogP contribution in [0.1, 0.15) is 25.3 Å². The lowest BCUT2D eigenvalue weighted by molar-refractivity contribution is -0.138. The van der Waals surface area contributed by atoms with Crippen molar-refractivity contribution in [2.24, 2.45) is 5.92 Å². The maximum Gasteiger partial charge on any atom is 0.256 e. The Balaban J connectivity index is 2.18. The summed E-state index contributed by atoms with van der Waals surface area (Å²) in [4.78, 5) is 12.4. The van der Waals surface area contributed by atoms with E-state index in [-0.39, 0.29) is 11.8 Å². The number of hydrogen-bond donors (Lipinski definition) is 1. The first-order valence-electron chi connectivity index (χ1n) is 6.50. The molecule has 0 bridgehead atoms. The van der Waals surface area contributed by atoms with Gasteiger partial charge in [0.15, 0.2) is 0 Å². The second kappa shape index (κ2) is 5.51. The normalized spacial score (nSPS) is 16.9. The van der Waals surface area contributed by atoms with Gasteiger partial charge in [0.05, 0.1) is 12.7 Å². The van der Waals surface area contributed by atoms with E-state index in [1.165, 1.54) is 7.11 Å². The summed E-state index contributed by atoms with van der Waals surface area (Å²) in [7, 11) is 3.05. The smallest absolute Gasteiger partial charge is 0.256 e. The van der Waals surface area contributed by atoms with Crippen LogP contribution < -0.4 is 10.1 Å². The van der Waals surface area contributed by atoms with Gasteiger partial charge in [-0.25, -0.2) is 0 Å². The average molecular weight is 274 g/mol. The minimum Gasteiger partial charge on any atom is -0.495 e. The van der Waals surface area contributed by atoms with E-state index in [2.05, 4.69) is 5.32 Å². The summed E-state index contributed by atoms with van der Waals surface area (Å²) in [5, 5.41) is 11.9. The van der Waals surface area contributed by atoms with Crippen LogP contribution in [0.4, 0.5) is 5.69 Å². The van der Waals surface area contributed by atoms with Crippen molar-refractivity contribution in [2.75, 3.05) is 19.5 Å². The van der Waals surface area contributed by atoms with Crippen molar-refractivity contribution in [3.63, 3.8) is 0 Å². The monoisotopic (exact) mass is 274 g/mol. The molecule has 1 N–H and O–H groups in total. The standard InChI is InChI=1S/C15H18N2O3/c1-15(20-3,11-4-5-11)14(18)17-12-6-7-13(19-2)10(8-12)9-16/h6-8,11H,4-5H2,1-3H3,(H,17,18)/t15-/m1/s1. The second-order valence-electron chi connectivity index (χ2n) is 5.07. The van der Waals surface area contributed by atoms with Gasteiger partial charge in [0.25, 0.3) is 5.91 Å². The molecule has 1 aliphatic carbocycles. The molecule has 1 fully saturated rings. The number of carbonyl (C=O) groups is 1. The minimum absolute atomic E-state index is 0.184. The Morgan fingerprint density at radius 2 is 2.15 bits per heavy atom. The molecule has 0 unspecified atom stereocenters. The van der Waals surface area contributed by atoms with E-state index in [1.807, 2.05) is 6.07 Å². The molecular formula is C15H18N2O3. The van der Waals surface area contributed by atoms with Gasteiger partial charge < -0.3 is 14.8 Å². The second-order valence-corrected chi connectivity index (χ2v) is 5.07. The van der Waals surface area contributed by atoms with Crippen molar-refractivity contribution < 1.29 is 14.3 Å². The highest BCUT2D eigenvalue weighted by atomic mass is 16.5. The van der Waals surface area contributed by atoms with Crippen LogP contribution in [0.5, 0.6) is 5.75 Å². The number of nitriles is 1. The highest BCUT2D eigenvalue weighted by molar-refractivity contribution is 5.97. The molecule has 1 aliphatic rings. The van der Waals surface area contributed by atoms with Gasteiger partial charge in [-0.05, 0) is 43.9 Å². The first kappa shape index (κ1) is 14.4. The van der Waals surface area contributed by atoms with Crippen LogP contribution in [0.25, 0.3) is 0 Å². The van der Waals surface area contributed by atoms with Crippen LogP contribution in [0.3, 0.4) is 0 Å². The average Bonchev–Trinajstić information content (AvgIpc) is 3.31. The number of rotatable bonds is 5. The molecule has 0 radical (unpaired) electrons. The third-order valence-electron chi connectivity index (χ3n) is 3.81. The molecule has 1 aromatic rings. The molecule has 106 valence electrons. The molecule has 1 atom stereocenters. The number of ether oxygens (including phenoxy) is 2. The van der Waals surface area contributed by atoms with Gasteiger partial charge in [-0.1, -0.05) is 0 Å². The van der Waals surface area contributed by atoms with Crippen molar-refractivity contribution in [3.05, 3.63) is 23.8 Å². The Morgan fingerprint density at radius 1 is 1.45 bits per heavy atom. The van der Waals surface area contributed by atoms with Gasteiger partial charge in [-0.2, -0.15) is 5.26 Å². The van der Waals surface area contributed by atoms with E-state index < -0.39 is 5.60 Å². The summed E-state index contributed by atoms with van der Waals surface area (Å²) in [5.41, 5.74) is 0.138. The van der Waals surface area contributed by atoms with Gasteiger partial charge >= 0.3 is 0 Å². The quantitative estimate of drug-likeness (QED) is 0.894. The molecule has 20 heavy (non-hydrogen) atoms. The molecule has 1 aromatic carbocycles. The van der Waals surface area contributed by atoms with Crippen molar-refractivity contribution >= 4 is 11.6 Å². The van der Waals surface area contributed by atoms with E-state index in [4.69, 9.17) is 14.7 Å². The number of methoxy groups -OCH3 is 2. The van der Waals surface area contributed by atoms with Gasteiger partial charge in [-0.15, -0.1) is 0 Å².